The number of piperidine rings is 1. The predicted octanol–water partition coefficient (Wildman–Crippen LogP) is 1.75. The van der Waals surface area contributed by atoms with Crippen LogP contribution in [-0.4, -0.2) is 46.6 Å². The average Bonchev–Trinajstić information content (AvgIpc) is 2.69. The molecular weight excluding hydrogens is 332 g/mol. The normalized spacial score (nSPS) is 14.8. The van der Waals surface area contributed by atoms with E-state index in [1.807, 2.05) is 6.07 Å². The zero-order valence-electron chi connectivity index (χ0n) is 14.5. The number of hydrogen-bond acceptors (Lipinski definition) is 5. The van der Waals surface area contributed by atoms with E-state index in [1.54, 1.807) is 36.8 Å². The number of nitrogens with one attached hydrogen (secondary N) is 1. The Balaban J connectivity index is 1.43. The third-order valence-corrected chi connectivity index (χ3v) is 4.63. The number of carbonyl (C=O) groups is 2. The lowest BCUT2D eigenvalue weighted by Gasteiger charge is -2.31. The van der Waals surface area contributed by atoms with Gasteiger partial charge in [-0.15, -0.1) is 0 Å². The fourth-order valence-electron chi connectivity index (χ4n) is 3.16. The summed E-state index contributed by atoms with van der Waals surface area (Å²) in [4.78, 5) is 33.9. The first-order chi connectivity index (χ1) is 12.6. The number of nitrogens with zero attached hydrogens (tertiary/aromatic N) is 3. The lowest BCUT2D eigenvalue weighted by atomic mass is 9.96. The molecule has 1 aliphatic rings. The van der Waals surface area contributed by atoms with Crippen LogP contribution in [-0.2, 0) is 11.2 Å². The zero-order valence-corrected chi connectivity index (χ0v) is 14.5. The van der Waals surface area contributed by atoms with Crippen molar-refractivity contribution in [1.29, 1.82) is 0 Å². The Morgan fingerprint density at radius 2 is 2.04 bits per heavy atom. The fraction of sp³-hybridized carbons (Fsp3) is 0.368. The maximum absolute atomic E-state index is 12.4. The van der Waals surface area contributed by atoms with Gasteiger partial charge in [0.05, 0.1) is 11.8 Å². The summed E-state index contributed by atoms with van der Waals surface area (Å²) in [5, 5.41) is 12.0. The largest absolute Gasteiger partial charge is 0.478 e. The van der Waals surface area contributed by atoms with E-state index in [4.69, 9.17) is 5.11 Å². The van der Waals surface area contributed by atoms with Gasteiger partial charge in [-0.2, -0.15) is 0 Å². The molecule has 1 aromatic heterocycles. The summed E-state index contributed by atoms with van der Waals surface area (Å²) >= 11 is 0. The third kappa shape index (κ3) is 4.56. The first-order valence-corrected chi connectivity index (χ1v) is 8.74. The molecule has 0 radical (unpaired) electrons. The summed E-state index contributed by atoms with van der Waals surface area (Å²) < 4.78 is 0. The number of aromatic carboxylic acids is 1. The van der Waals surface area contributed by atoms with Gasteiger partial charge in [0.25, 0.3) is 0 Å². The second kappa shape index (κ2) is 8.42. The average molecular weight is 354 g/mol. The van der Waals surface area contributed by atoms with Crippen molar-refractivity contribution in [2.75, 3.05) is 24.5 Å². The molecule has 0 saturated carbocycles. The predicted molar refractivity (Wildman–Crippen MR) is 97.1 cm³/mol. The van der Waals surface area contributed by atoms with Crippen molar-refractivity contribution < 1.29 is 14.7 Å². The lowest BCUT2D eigenvalue weighted by Crippen LogP contribution is -2.41. The number of hydrogen-bond donors (Lipinski definition) is 2. The van der Waals surface area contributed by atoms with Gasteiger partial charge in [0, 0.05) is 37.9 Å². The number of carboxylic acids is 1. The SMILES string of the molecule is O=C(O)c1cccc(CCNC(=O)C2CCN(c3cnccn3)CC2)c1. The van der Waals surface area contributed by atoms with Gasteiger partial charge >= 0.3 is 5.97 Å². The van der Waals surface area contributed by atoms with Crippen LogP contribution in [0.2, 0.25) is 0 Å². The van der Waals surface area contributed by atoms with Crippen LogP contribution in [0, 0.1) is 5.92 Å². The molecule has 2 aromatic rings. The van der Waals surface area contributed by atoms with Gasteiger partial charge in [-0.05, 0) is 37.0 Å². The number of aromatic nitrogens is 2. The van der Waals surface area contributed by atoms with Crippen molar-refractivity contribution in [1.82, 2.24) is 15.3 Å². The van der Waals surface area contributed by atoms with Crippen molar-refractivity contribution in [3.8, 4) is 0 Å². The smallest absolute Gasteiger partial charge is 0.335 e. The monoisotopic (exact) mass is 354 g/mol. The summed E-state index contributed by atoms with van der Waals surface area (Å²) in [5.74, 6) is -0.0121. The molecule has 0 spiro atoms. The van der Waals surface area contributed by atoms with Crippen LogP contribution in [0.4, 0.5) is 5.82 Å². The van der Waals surface area contributed by atoms with Crippen molar-refractivity contribution in [3.63, 3.8) is 0 Å². The minimum Gasteiger partial charge on any atom is -0.478 e. The fourth-order valence-corrected chi connectivity index (χ4v) is 3.16. The summed E-state index contributed by atoms with van der Waals surface area (Å²) in [6.07, 6.45) is 7.26. The maximum Gasteiger partial charge on any atom is 0.335 e. The van der Waals surface area contributed by atoms with Gasteiger partial charge in [-0.25, -0.2) is 9.78 Å². The van der Waals surface area contributed by atoms with Gasteiger partial charge in [0.1, 0.15) is 5.82 Å². The molecule has 26 heavy (non-hydrogen) atoms. The molecule has 0 aliphatic carbocycles. The molecular formula is C19H22N4O3. The van der Waals surface area contributed by atoms with E-state index in [2.05, 4.69) is 20.2 Å². The van der Waals surface area contributed by atoms with Gasteiger partial charge < -0.3 is 15.3 Å². The molecule has 7 heteroatoms. The zero-order chi connectivity index (χ0) is 18.4. The Morgan fingerprint density at radius 3 is 2.73 bits per heavy atom. The quantitative estimate of drug-likeness (QED) is 0.821. The van der Waals surface area contributed by atoms with Crippen LogP contribution in [0.25, 0.3) is 0 Å². The van der Waals surface area contributed by atoms with Crippen molar-refractivity contribution in [2.45, 2.75) is 19.3 Å². The molecule has 1 aliphatic heterocycles. The van der Waals surface area contributed by atoms with E-state index in [1.165, 1.54) is 0 Å². The number of benzene rings is 1. The Hall–Kier alpha value is -2.96. The Morgan fingerprint density at radius 1 is 1.23 bits per heavy atom. The number of anilines is 1. The molecule has 3 rings (SSSR count). The van der Waals surface area contributed by atoms with Crippen LogP contribution in [0.1, 0.15) is 28.8 Å². The summed E-state index contributed by atoms with van der Waals surface area (Å²) in [6.45, 7) is 2.08. The Kier molecular flexibility index (Phi) is 5.78. The van der Waals surface area contributed by atoms with Crippen molar-refractivity contribution in [3.05, 3.63) is 54.0 Å². The molecule has 7 nitrogen and oxygen atoms in total. The Bertz CT molecular complexity index is 758. The van der Waals surface area contributed by atoms with Crippen LogP contribution in [0.5, 0.6) is 0 Å². The lowest BCUT2D eigenvalue weighted by molar-refractivity contribution is -0.125. The number of carbonyl (C=O) groups excluding carboxylic acids is 1. The molecule has 1 fully saturated rings. The van der Waals surface area contributed by atoms with Gasteiger partial charge in [-0.3, -0.25) is 9.78 Å². The highest BCUT2D eigenvalue weighted by Gasteiger charge is 2.25. The molecule has 2 N–H and O–H groups in total. The first kappa shape index (κ1) is 17.8. The van der Waals surface area contributed by atoms with E-state index >= 15 is 0 Å². The second-order valence-electron chi connectivity index (χ2n) is 6.37. The Labute approximate surface area is 152 Å². The van der Waals surface area contributed by atoms with E-state index in [0.717, 1.165) is 37.3 Å². The van der Waals surface area contributed by atoms with Crippen LogP contribution < -0.4 is 10.2 Å². The maximum atomic E-state index is 12.4. The molecule has 0 unspecified atom stereocenters. The molecule has 1 amide bonds. The molecule has 0 bridgehead atoms. The van der Waals surface area contributed by atoms with E-state index < -0.39 is 5.97 Å². The van der Waals surface area contributed by atoms with Crippen LogP contribution >= 0.6 is 0 Å². The number of amides is 1. The molecule has 0 atom stereocenters. The van der Waals surface area contributed by atoms with E-state index in [0.29, 0.717) is 13.0 Å². The number of rotatable bonds is 6. The molecule has 136 valence electrons. The third-order valence-electron chi connectivity index (χ3n) is 4.63. The number of carboxylic acid groups (broad SMARTS) is 1. The topological polar surface area (TPSA) is 95.4 Å². The highest BCUT2D eigenvalue weighted by atomic mass is 16.4. The highest BCUT2D eigenvalue weighted by Crippen LogP contribution is 2.21. The first-order valence-electron chi connectivity index (χ1n) is 8.74. The molecule has 2 heterocycles. The van der Waals surface area contributed by atoms with Gasteiger partial charge in [-0.1, -0.05) is 12.1 Å². The van der Waals surface area contributed by atoms with Crippen molar-refractivity contribution in [2.24, 2.45) is 5.92 Å². The standard InChI is InChI=1S/C19H22N4O3/c24-18(22-7-4-14-2-1-3-16(12-14)19(25)26)15-5-10-23(11-6-15)17-13-20-8-9-21-17/h1-3,8-9,12-13,15H,4-7,10-11H2,(H,22,24)(H,25,26). The molecule has 1 aromatic carbocycles. The minimum absolute atomic E-state index is 0.00766. The van der Waals surface area contributed by atoms with E-state index in [-0.39, 0.29) is 17.4 Å². The van der Waals surface area contributed by atoms with Crippen molar-refractivity contribution >= 4 is 17.7 Å². The second-order valence-corrected chi connectivity index (χ2v) is 6.37. The summed E-state index contributed by atoms with van der Waals surface area (Å²) in [5.41, 5.74) is 1.17. The highest BCUT2D eigenvalue weighted by molar-refractivity contribution is 5.87. The van der Waals surface area contributed by atoms with Gasteiger partial charge in [0.15, 0.2) is 0 Å². The van der Waals surface area contributed by atoms with Crippen LogP contribution in [0.15, 0.2) is 42.9 Å². The van der Waals surface area contributed by atoms with Gasteiger partial charge in [0.2, 0.25) is 5.91 Å². The summed E-state index contributed by atoms with van der Waals surface area (Å²) in [6, 6.07) is 6.81. The summed E-state index contributed by atoms with van der Waals surface area (Å²) in [7, 11) is 0. The molecule has 1 saturated heterocycles. The van der Waals surface area contributed by atoms with E-state index in [9.17, 15) is 9.59 Å². The van der Waals surface area contributed by atoms with Crippen LogP contribution in [0.3, 0.4) is 0 Å². The minimum atomic E-state index is -0.939.